The molecule has 0 aliphatic carbocycles. The van der Waals surface area contributed by atoms with Crippen molar-refractivity contribution >= 4 is 0 Å². The molecule has 3 nitrogen and oxygen atoms in total. The Morgan fingerprint density at radius 3 is 2.76 bits per heavy atom. The van der Waals surface area contributed by atoms with Crippen LogP contribution in [-0.4, -0.2) is 12.7 Å². The first-order valence-electron chi connectivity index (χ1n) is 6.37. The van der Waals surface area contributed by atoms with Gasteiger partial charge in [-0.1, -0.05) is 23.8 Å². The second kappa shape index (κ2) is 5.63. The largest absolute Gasteiger partial charge is 0.376 e. The van der Waals surface area contributed by atoms with Gasteiger partial charge in [-0.25, -0.2) is 0 Å². The van der Waals surface area contributed by atoms with Crippen molar-refractivity contribution in [2.45, 2.75) is 45.3 Å². The van der Waals surface area contributed by atoms with E-state index in [2.05, 4.69) is 37.5 Å². The van der Waals surface area contributed by atoms with Crippen LogP contribution in [-0.2, 0) is 4.74 Å². The van der Waals surface area contributed by atoms with E-state index in [0.29, 0.717) is 0 Å². The maximum absolute atomic E-state index is 5.83. The number of hydrazine groups is 1. The molecule has 1 aromatic carbocycles. The summed E-state index contributed by atoms with van der Waals surface area (Å²) < 4.78 is 5.83. The van der Waals surface area contributed by atoms with Crippen molar-refractivity contribution in [3.63, 3.8) is 0 Å². The average Bonchev–Trinajstić information content (AvgIpc) is 2.34. The summed E-state index contributed by atoms with van der Waals surface area (Å²) in [6.45, 7) is 5.10. The van der Waals surface area contributed by atoms with Crippen LogP contribution in [0.5, 0.6) is 0 Å². The second-order valence-corrected chi connectivity index (χ2v) is 4.91. The van der Waals surface area contributed by atoms with Crippen LogP contribution < -0.4 is 11.3 Å². The Morgan fingerprint density at radius 1 is 1.35 bits per heavy atom. The highest BCUT2D eigenvalue weighted by Crippen LogP contribution is 2.28. The fourth-order valence-electron chi connectivity index (χ4n) is 2.60. The molecule has 1 saturated heterocycles. The van der Waals surface area contributed by atoms with Gasteiger partial charge in [0.25, 0.3) is 0 Å². The molecule has 0 spiro atoms. The smallest absolute Gasteiger partial charge is 0.0782 e. The van der Waals surface area contributed by atoms with Gasteiger partial charge in [0.1, 0.15) is 0 Å². The van der Waals surface area contributed by atoms with Gasteiger partial charge in [-0.05, 0) is 44.2 Å². The molecular formula is C14H22N2O. The number of aryl methyl sites for hydroxylation is 2. The second-order valence-electron chi connectivity index (χ2n) is 4.91. The minimum absolute atomic E-state index is 0.107. The average molecular weight is 234 g/mol. The molecule has 1 heterocycles. The minimum atomic E-state index is 0.107. The molecule has 0 radical (unpaired) electrons. The Kier molecular flexibility index (Phi) is 4.15. The number of nitrogens with two attached hydrogens (primary N) is 1. The first-order valence-corrected chi connectivity index (χ1v) is 6.37. The lowest BCUT2D eigenvalue weighted by Gasteiger charge is -2.31. The van der Waals surface area contributed by atoms with Crippen molar-refractivity contribution in [3.8, 4) is 0 Å². The SMILES string of the molecule is Cc1ccc(C(NN)C2CCCCO2)c(C)c1. The van der Waals surface area contributed by atoms with Gasteiger partial charge in [0, 0.05) is 6.61 Å². The zero-order valence-electron chi connectivity index (χ0n) is 10.7. The summed E-state index contributed by atoms with van der Waals surface area (Å²) in [5.74, 6) is 5.71. The number of hydrogen-bond donors (Lipinski definition) is 2. The Labute approximate surface area is 103 Å². The Balaban J connectivity index is 2.21. The molecule has 17 heavy (non-hydrogen) atoms. The molecule has 2 atom stereocenters. The topological polar surface area (TPSA) is 47.3 Å². The molecule has 1 aliphatic heterocycles. The summed E-state index contributed by atoms with van der Waals surface area (Å²) in [6, 6.07) is 6.60. The van der Waals surface area contributed by atoms with Gasteiger partial charge in [0.05, 0.1) is 12.1 Å². The first kappa shape index (κ1) is 12.6. The Morgan fingerprint density at radius 2 is 2.18 bits per heavy atom. The van der Waals surface area contributed by atoms with Crippen LogP contribution in [0.1, 0.15) is 42.0 Å². The van der Waals surface area contributed by atoms with Crippen LogP contribution in [0.15, 0.2) is 18.2 Å². The molecule has 2 unspecified atom stereocenters. The van der Waals surface area contributed by atoms with Crippen molar-refractivity contribution in [3.05, 3.63) is 34.9 Å². The standard InChI is InChI=1S/C14H22N2O/c1-10-6-7-12(11(2)9-10)14(16-15)13-5-3-4-8-17-13/h6-7,9,13-14,16H,3-5,8,15H2,1-2H3. The quantitative estimate of drug-likeness (QED) is 0.623. The fraction of sp³-hybridized carbons (Fsp3) is 0.571. The van der Waals surface area contributed by atoms with E-state index in [1.807, 2.05) is 0 Å². The van der Waals surface area contributed by atoms with Gasteiger partial charge in [-0.3, -0.25) is 11.3 Å². The van der Waals surface area contributed by atoms with Crippen LogP contribution in [0.25, 0.3) is 0 Å². The van der Waals surface area contributed by atoms with Crippen molar-refractivity contribution in [2.24, 2.45) is 5.84 Å². The van der Waals surface area contributed by atoms with Crippen molar-refractivity contribution in [1.82, 2.24) is 5.43 Å². The molecule has 0 saturated carbocycles. The summed E-state index contributed by atoms with van der Waals surface area (Å²) in [5.41, 5.74) is 6.74. The normalized spacial score (nSPS) is 22.4. The molecular weight excluding hydrogens is 212 g/mol. The highest BCUT2D eigenvalue weighted by molar-refractivity contribution is 5.33. The molecule has 2 rings (SSSR count). The number of ether oxygens (including phenoxy) is 1. The number of nitrogens with one attached hydrogen (secondary N) is 1. The summed E-state index contributed by atoms with van der Waals surface area (Å²) >= 11 is 0. The Hall–Kier alpha value is -0.900. The maximum Gasteiger partial charge on any atom is 0.0782 e. The van der Waals surface area contributed by atoms with Gasteiger partial charge in [-0.2, -0.15) is 0 Å². The molecule has 94 valence electrons. The minimum Gasteiger partial charge on any atom is -0.376 e. The lowest BCUT2D eigenvalue weighted by Crippen LogP contribution is -2.39. The van der Waals surface area contributed by atoms with Crippen LogP contribution in [0.2, 0.25) is 0 Å². The summed E-state index contributed by atoms with van der Waals surface area (Å²) in [4.78, 5) is 0. The maximum atomic E-state index is 5.83. The van der Waals surface area contributed by atoms with Gasteiger partial charge in [-0.15, -0.1) is 0 Å². The summed E-state index contributed by atoms with van der Waals surface area (Å²) in [5, 5.41) is 0. The van der Waals surface area contributed by atoms with E-state index in [1.54, 1.807) is 0 Å². The van der Waals surface area contributed by atoms with E-state index >= 15 is 0 Å². The zero-order chi connectivity index (χ0) is 12.3. The van der Waals surface area contributed by atoms with E-state index in [0.717, 1.165) is 13.0 Å². The summed E-state index contributed by atoms with van der Waals surface area (Å²) in [7, 11) is 0. The molecule has 0 bridgehead atoms. The molecule has 1 aromatic rings. The van der Waals surface area contributed by atoms with Gasteiger partial charge >= 0.3 is 0 Å². The van der Waals surface area contributed by atoms with Gasteiger partial charge in [0.2, 0.25) is 0 Å². The third-order valence-electron chi connectivity index (χ3n) is 3.53. The monoisotopic (exact) mass is 234 g/mol. The number of benzene rings is 1. The predicted molar refractivity (Wildman–Crippen MR) is 69.6 cm³/mol. The highest BCUT2D eigenvalue weighted by atomic mass is 16.5. The molecule has 0 amide bonds. The lowest BCUT2D eigenvalue weighted by molar-refractivity contribution is -0.00835. The highest BCUT2D eigenvalue weighted by Gasteiger charge is 2.25. The van der Waals surface area contributed by atoms with E-state index in [-0.39, 0.29) is 12.1 Å². The Bertz CT molecular complexity index is 372. The van der Waals surface area contributed by atoms with E-state index in [1.165, 1.54) is 29.5 Å². The number of rotatable bonds is 3. The van der Waals surface area contributed by atoms with Crippen LogP contribution in [0.3, 0.4) is 0 Å². The molecule has 3 N–H and O–H groups in total. The molecule has 3 heteroatoms. The molecule has 1 aliphatic rings. The van der Waals surface area contributed by atoms with Gasteiger partial charge in [0.15, 0.2) is 0 Å². The van der Waals surface area contributed by atoms with E-state index in [9.17, 15) is 0 Å². The number of hydrogen-bond acceptors (Lipinski definition) is 3. The van der Waals surface area contributed by atoms with E-state index in [4.69, 9.17) is 10.6 Å². The third kappa shape index (κ3) is 2.86. The molecule has 0 aromatic heterocycles. The van der Waals surface area contributed by atoms with Crippen LogP contribution in [0.4, 0.5) is 0 Å². The van der Waals surface area contributed by atoms with Gasteiger partial charge < -0.3 is 4.74 Å². The van der Waals surface area contributed by atoms with Crippen molar-refractivity contribution in [2.75, 3.05) is 6.61 Å². The third-order valence-corrected chi connectivity index (χ3v) is 3.53. The van der Waals surface area contributed by atoms with E-state index < -0.39 is 0 Å². The lowest BCUT2D eigenvalue weighted by atomic mass is 9.92. The fourth-order valence-corrected chi connectivity index (χ4v) is 2.60. The van der Waals surface area contributed by atoms with Crippen LogP contribution in [0, 0.1) is 13.8 Å². The summed E-state index contributed by atoms with van der Waals surface area (Å²) in [6.07, 6.45) is 3.69. The first-order chi connectivity index (χ1) is 8.22. The predicted octanol–water partition coefficient (Wildman–Crippen LogP) is 2.38. The van der Waals surface area contributed by atoms with Crippen LogP contribution >= 0.6 is 0 Å². The van der Waals surface area contributed by atoms with Crippen molar-refractivity contribution in [1.29, 1.82) is 0 Å². The zero-order valence-corrected chi connectivity index (χ0v) is 10.7. The van der Waals surface area contributed by atoms with Crippen molar-refractivity contribution < 1.29 is 4.74 Å². The molecule has 1 fully saturated rings.